The third kappa shape index (κ3) is 3.55. The van der Waals surface area contributed by atoms with Crippen molar-refractivity contribution in [2.75, 3.05) is 45.9 Å². The molecule has 17 heavy (non-hydrogen) atoms. The topological polar surface area (TPSA) is 73.8 Å². The van der Waals surface area contributed by atoms with Crippen LogP contribution in [-0.4, -0.2) is 67.6 Å². The Bertz CT molecular complexity index is 267. The lowest BCUT2D eigenvalue weighted by molar-refractivity contribution is -0.0614. The fourth-order valence-corrected chi connectivity index (χ4v) is 2.19. The highest BCUT2D eigenvalue weighted by Crippen LogP contribution is 2.18. The summed E-state index contributed by atoms with van der Waals surface area (Å²) in [6.07, 6.45) is 1.37. The first kappa shape index (κ1) is 12.6. The monoisotopic (exact) mass is 243 g/mol. The van der Waals surface area contributed by atoms with Crippen LogP contribution < -0.4 is 10.6 Å². The zero-order chi connectivity index (χ0) is 12.1. The standard InChI is InChI=1S/C11H21N3O3/c15-10-13-4-6-14(10)5-3-12-9-11(16)1-7-17-8-2-11/h12,16H,1-9H2,(H,13,15). The summed E-state index contributed by atoms with van der Waals surface area (Å²) >= 11 is 0. The third-order valence-electron chi connectivity index (χ3n) is 3.38. The number of carbonyl (C=O) groups excluding carboxylic acids is 1. The van der Waals surface area contributed by atoms with Crippen molar-refractivity contribution < 1.29 is 14.6 Å². The highest BCUT2D eigenvalue weighted by Gasteiger charge is 2.29. The number of hydrogen-bond donors (Lipinski definition) is 3. The molecule has 0 bridgehead atoms. The lowest BCUT2D eigenvalue weighted by atomic mass is 9.94. The number of ether oxygens (including phenoxy) is 1. The van der Waals surface area contributed by atoms with Gasteiger partial charge in [0.05, 0.1) is 5.60 Å². The lowest BCUT2D eigenvalue weighted by Crippen LogP contribution is -2.46. The Morgan fingerprint density at radius 2 is 2.24 bits per heavy atom. The maximum absolute atomic E-state index is 11.3. The summed E-state index contributed by atoms with van der Waals surface area (Å²) in [6, 6.07) is 0.0107. The van der Waals surface area contributed by atoms with E-state index in [9.17, 15) is 9.90 Å². The van der Waals surface area contributed by atoms with Crippen LogP contribution in [0.4, 0.5) is 4.79 Å². The lowest BCUT2D eigenvalue weighted by Gasteiger charge is -2.32. The molecular weight excluding hydrogens is 222 g/mol. The minimum absolute atomic E-state index is 0.0107. The molecule has 2 amide bonds. The van der Waals surface area contributed by atoms with Crippen LogP contribution in [0.15, 0.2) is 0 Å². The van der Waals surface area contributed by atoms with Gasteiger partial charge in [0, 0.05) is 58.8 Å². The van der Waals surface area contributed by atoms with E-state index in [1.54, 1.807) is 4.90 Å². The fraction of sp³-hybridized carbons (Fsp3) is 0.909. The van der Waals surface area contributed by atoms with E-state index in [1.165, 1.54) is 0 Å². The van der Waals surface area contributed by atoms with E-state index in [4.69, 9.17) is 4.74 Å². The number of rotatable bonds is 5. The van der Waals surface area contributed by atoms with Gasteiger partial charge in [-0.05, 0) is 0 Å². The molecule has 0 radical (unpaired) electrons. The SMILES string of the molecule is O=C1NCCN1CCNCC1(O)CCOCC1. The summed E-state index contributed by atoms with van der Waals surface area (Å²) in [5, 5.41) is 16.2. The maximum Gasteiger partial charge on any atom is 0.317 e. The minimum atomic E-state index is -0.633. The van der Waals surface area contributed by atoms with E-state index < -0.39 is 5.60 Å². The number of aliphatic hydroxyl groups is 1. The molecule has 2 aliphatic rings. The van der Waals surface area contributed by atoms with Gasteiger partial charge < -0.3 is 25.4 Å². The molecule has 2 saturated heterocycles. The summed E-state index contributed by atoms with van der Waals surface area (Å²) < 4.78 is 5.22. The second-order valence-electron chi connectivity index (χ2n) is 4.73. The van der Waals surface area contributed by atoms with Gasteiger partial charge in [-0.1, -0.05) is 0 Å². The molecule has 2 heterocycles. The Morgan fingerprint density at radius 1 is 1.47 bits per heavy atom. The molecule has 0 saturated carbocycles. The quantitative estimate of drug-likeness (QED) is 0.550. The van der Waals surface area contributed by atoms with Gasteiger partial charge in [0.1, 0.15) is 0 Å². The van der Waals surface area contributed by atoms with Gasteiger partial charge in [0.15, 0.2) is 0 Å². The Balaban J connectivity index is 1.60. The first-order chi connectivity index (χ1) is 8.20. The van der Waals surface area contributed by atoms with Crippen molar-refractivity contribution in [2.24, 2.45) is 0 Å². The zero-order valence-electron chi connectivity index (χ0n) is 10.1. The van der Waals surface area contributed by atoms with Gasteiger partial charge in [-0.15, -0.1) is 0 Å². The molecule has 3 N–H and O–H groups in total. The van der Waals surface area contributed by atoms with Crippen LogP contribution >= 0.6 is 0 Å². The van der Waals surface area contributed by atoms with Crippen molar-refractivity contribution in [3.05, 3.63) is 0 Å². The van der Waals surface area contributed by atoms with Crippen LogP contribution in [0.3, 0.4) is 0 Å². The molecule has 0 aliphatic carbocycles. The zero-order valence-corrected chi connectivity index (χ0v) is 10.1. The predicted molar refractivity (Wildman–Crippen MR) is 62.8 cm³/mol. The first-order valence-corrected chi connectivity index (χ1v) is 6.23. The van der Waals surface area contributed by atoms with E-state index in [0.717, 1.165) is 19.6 Å². The third-order valence-corrected chi connectivity index (χ3v) is 3.38. The number of urea groups is 1. The van der Waals surface area contributed by atoms with Crippen LogP contribution in [0.25, 0.3) is 0 Å². The summed E-state index contributed by atoms with van der Waals surface area (Å²) in [5.41, 5.74) is -0.633. The van der Waals surface area contributed by atoms with E-state index in [-0.39, 0.29) is 6.03 Å². The van der Waals surface area contributed by atoms with Crippen LogP contribution in [0.1, 0.15) is 12.8 Å². The van der Waals surface area contributed by atoms with Crippen LogP contribution in [0, 0.1) is 0 Å². The Labute approximate surface area is 101 Å². The number of nitrogens with one attached hydrogen (secondary N) is 2. The molecule has 0 aromatic carbocycles. The Kier molecular flexibility index (Phi) is 4.20. The minimum Gasteiger partial charge on any atom is -0.388 e. The Morgan fingerprint density at radius 3 is 2.88 bits per heavy atom. The fourth-order valence-electron chi connectivity index (χ4n) is 2.19. The molecule has 2 rings (SSSR count). The van der Waals surface area contributed by atoms with Gasteiger partial charge in [-0.2, -0.15) is 0 Å². The average molecular weight is 243 g/mol. The number of hydrogen-bond acceptors (Lipinski definition) is 4. The molecule has 0 aromatic rings. The van der Waals surface area contributed by atoms with Gasteiger partial charge >= 0.3 is 6.03 Å². The van der Waals surface area contributed by atoms with Crippen molar-refractivity contribution in [2.45, 2.75) is 18.4 Å². The Hall–Kier alpha value is -0.850. The molecule has 0 unspecified atom stereocenters. The van der Waals surface area contributed by atoms with E-state index in [1.807, 2.05) is 0 Å². The predicted octanol–water partition coefficient (Wildman–Crippen LogP) is -0.857. The van der Waals surface area contributed by atoms with Gasteiger partial charge in [-0.3, -0.25) is 0 Å². The summed E-state index contributed by atoms with van der Waals surface area (Å²) in [7, 11) is 0. The van der Waals surface area contributed by atoms with Crippen molar-refractivity contribution >= 4 is 6.03 Å². The summed E-state index contributed by atoms with van der Waals surface area (Å²) in [6.45, 7) is 4.76. The van der Waals surface area contributed by atoms with Crippen molar-refractivity contribution in [3.8, 4) is 0 Å². The second kappa shape index (κ2) is 5.66. The highest BCUT2D eigenvalue weighted by atomic mass is 16.5. The van der Waals surface area contributed by atoms with E-state index >= 15 is 0 Å². The normalized spacial score (nSPS) is 23.8. The number of nitrogens with zero attached hydrogens (tertiary/aromatic N) is 1. The molecule has 0 aromatic heterocycles. The molecule has 2 fully saturated rings. The molecule has 0 spiro atoms. The second-order valence-corrected chi connectivity index (χ2v) is 4.73. The van der Waals surface area contributed by atoms with Crippen LogP contribution in [0.2, 0.25) is 0 Å². The summed E-state index contributed by atoms with van der Waals surface area (Å²) in [5.74, 6) is 0. The number of carbonyl (C=O) groups is 1. The van der Waals surface area contributed by atoms with Gasteiger partial charge in [-0.25, -0.2) is 4.79 Å². The molecule has 2 aliphatic heterocycles. The van der Waals surface area contributed by atoms with E-state index in [2.05, 4.69) is 10.6 Å². The molecule has 98 valence electrons. The van der Waals surface area contributed by atoms with Gasteiger partial charge in [0.25, 0.3) is 0 Å². The molecule has 6 heteroatoms. The highest BCUT2D eigenvalue weighted by molar-refractivity contribution is 5.76. The van der Waals surface area contributed by atoms with Crippen molar-refractivity contribution in [1.29, 1.82) is 0 Å². The molecular formula is C11H21N3O3. The smallest absolute Gasteiger partial charge is 0.317 e. The van der Waals surface area contributed by atoms with E-state index in [0.29, 0.717) is 39.1 Å². The maximum atomic E-state index is 11.3. The molecule has 0 atom stereocenters. The summed E-state index contributed by atoms with van der Waals surface area (Å²) in [4.78, 5) is 13.0. The number of amides is 2. The van der Waals surface area contributed by atoms with Crippen molar-refractivity contribution in [3.63, 3.8) is 0 Å². The van der Waals surface area contributed by atoms with Gasteiger partial charge in [0.2, 0.25) is 0 Å². The largest absolute Gasteiger partial charge is 0.388 e. The van der Waals surface area contributed by atoms with Crippen molar-refractivity contribution in [1.82, 2.24) is 15.5 Å². The van der Waals surface area contributed by atoms with Crippen LogP contribution in [-0.2, 0) is 4.74 Å². The average Bonchev–Trinajstić information content (AvgIpc) is 2.72. The first-order valence-electron chi connectivity index (χ1n) is 6.23. The molecule has 6 nitrogen and oxygen atoms in total. The van der Waals surface area contributed by atoms with Crippen LogP contribution in [0.5, 0.6) is 0 Å².